The van der Waals surface area contributed by atoms with Crippen molar-refractivity contribution in [1.29, 1.82) is 0 Å². The minimum Gasteiger partial charge on any atom is -0.481 e. The van der Waals surface area contributed by atoms with Crippen LogP contribution in [0.25, 0.3) is 0 Å². The Morgan fingerprint density at radius 3 is 2.61 bits per heavy atom. The van der Waals surface area contributed by atoms with Gasteiger partial charge in [0.25, 0.3) is 0 Å². The molecule has 98 valence electrons. The van der Waals surface area contributed by atoms with Gasteiger partial charge in [-0.2, -0.15) is 0 Å². The van der Waals surface area contributed by atoms with E-state index in [1.807, 2.05) is 25.2 Å². The van der Waals surface area contributed by atoms with Crippen LogP contribution in [0.4, 0.5) is 5.69 Å². The Hall–Kier alpha value is -1.55. The lowest BCUT2D eigenvalue weighted by Gasteiger charge is -2.44. The fourth-order valence-electron chi connectivity index (χ4n) is 2.53. The van der Waals surface area contributed by atoms with Crippen LogP contribution < -0.4 is 4.90 Å². The highest BCUT2D eigenvalue weighted by atomic mass is 16.4. The molecule has 1 aliphatic rings. The van der Waals surface area contributed by atoms with Gasteiger partial charge in [0.15, 0.2) is 0 Å². The van der Waals surface area contributed by atoms with Crippen molar-refractivity contribution in [3.8, 4) is 0 Å². The number of rotatable bonds is 3. The van der Waals surface area contributed by atoms with Crippen LogP contribution in [0.15, 0.2) is 30.3 Å². The Balaban J connectivity index is 2.12. The quantitative estimate of drug-likeness (QED) is 0.883. The van der Waals surface area contributed by atoms with E-state index < -0.39 is 5.97 Å². The number of carboxylic acid groups (broad SMARTS) is 1. The van der Waals surface area contributed by atoms with Crippen molar-refractivity contribution >= 4 is 11.7 Å². The van der Waals surface area contributed by atoms with Crippen LogP contribution in [0.3, 0.4) is 0 Å². The summed E-state index contributed by atoms with van der Waals surface area (Å²) in [7, 11) is 2.01. The second-order valence-electron chi connectivity index (χ2n) is 5.01. The molecule has 4 nitrogen and oxygen atoms in total. The summed E-state index contributed by atoms with van der Waals surface area (Å²) >= 11 is 0. The molecule has 1 heterocycles. The van der Waals surface area contributed by atoms with E-state index in [0.717, 1.165) is 13.1 Å². The Kier molecular flexibility index (Phi) is 3.87. The van der Waals surface area contributed by atoms with Crippen LogP contribution in [0.2, 0.25) is 0 Å². The highest BCUT2D eigenvalue weighted by Crippen LogP contribution is 2.22. The summed E-state index contributed by atoms with van der Waals surface area (Å²) in [6.45, 7) is 3.86. The van der Waals surface area contributed by atoms with Gasteiger partial charge in [-0.25, -0.2) is 0 Å². The Morgan fingerprint density at radius 1 is 1.33 bits per heavy atom. The first-order valence-corrected chi connectivity index (χ1v) is 6.31. The van der Waals surface area contributed by atoms with Gasteiger partial charge in [-0.3, -0.25) is 9.69 Å². The van der Waals surface area contributed by atoms with Crippen LogP contribution in [-0.4, -0.2) is 48.2 Å². The Labute approximate surface area is 108 Å². The maximum atomic E-state index is 10.9. The number of hydrogen-bond donors (Lipinski definition) is 1. The molecule has 0 saturated carbocycles. The number of nitrogens with zero attached hydrogens (tertiary/aromatic N) is 2. The van der Waals surface area contributed by atoms with Crippen molar-refractivity contribution in [2.45, 2.75) is 25.4 Å². The molecule has 1 aromatic carbocycles. The molecule has 18 heavy (non-hydrogen) atoms. The molecule has 0 aliphatic carbocycles. The van der Waals surface area contributed by atoms with E-state index in [4.69, 9.17) is 5.11 Å². The molecule has 1 aliphatic heterocycles. The molecule has 0 unspecified atom stereocenters. The van der Waals surface area contributed by atoms with Gasteiger partial charge in [-0.15, -0.1) is 0 Å². The molecule has 0 bridgehead atoms. The number of piperazine rings is 1. The van der Waals surface area contributed by atoms with Crippen LogP contribution in [0.5, 0.6) is 0 Å². The second-order valence-corrected chi connectivity index (χ2v) is 5.01. The van der Waals surface area contributed by atoms with Crippen LogP contribution in [0.1, 0.15) is 13.3 Å². The number of anilines is 1. The highest BCUT2D eigenvalue weighted by molar-refractivity contribution is 5.67. The zero-order chi connectivity index (χ0) is 13.1. The maximum Gasteiger partial charge on any atom is 0.305 e. The third-order valence-corrected chi connectivity index (χ3v) is 3.72. The van der Waals surface area contributed by atoms with Crippen LogP contribution in [0, 0.1) is 0 Å². The first-order valence-electron chi connectivity index (χ1n) is 6.31. The molecule has 2 rings (SSSR count). The van der Waals surface area contributed by atoms with E-state index in [1.165, 1.54) is 5.69 Å². The predicted octanol–water partition coefficient (Wildman–Crippen LogP) is 1.67. The minimum atomic E-state index is -0.728. The van der Waals surface area contributed by atoms with Crippen molar-refractivity contribution in [3.05, 3.63) is 30.3 Å². The van der Waals surface area contributed by atoms with Gasteiger partial charge in [0, 0.05) is 30.9 Å². The zero-order valence-corrected chi connectivity index (χ0v) is 10.9. The van der Waals surface area contributed by atoms with E-state index in [0.29, 0.717) is 6.04 Å². The topological polar surface area (TPSA) is 43.8 Å². The molecule has 0 spiro atoms. The number of para-hydroxylation sites is 1. The van der Waals surface area contributed by atoms with Crippen molar-refractivity contribution in [3.63, 3.8) is 0 Å². The fraction of sp³-hybridized carbons (Fsp3) is 0.500. The fourth-order valence-corrected chi connectivity index (χ4v) is 2.53. The van der Waals surface area contributed by atoms with Gasteiger partial charge < -0.3 is 10.0 Å². The lowest BCUT2D eigenvalue weighted by Crippen LogP contribution is -2.56. The first kappa shape index (κ1) is 12.9. The van der Waals surface area contributed by atoms with E-state index in [1.54, 1.807) is 0 Å². The number of benzene rings is 1. The summed E-state index contributed by atoms with van der Waals surface area (Å²) in [5.74, 6) is -0.728. The number of hydrogen-bond acceptors (Lipinski definition) is 3. The highest BCUT2D eigenvalue weighted by Gasteiger charge is 2.30. The lowest BCUT2D eigenvalue weighted by molar-refractivity contribution is -0.138. The lowest BCUT2D eigenvalue weighted by atomic mass is 10.0. The predicted molar refractivity (Wildman–Crippen MR) is 71.9 cm³/mol. The molecular weight excluding hydrogens is 228 g/mol. The smallest absolute Gasteiger partial charge is 0.305 e. The van der Waals surface area contributed by atoms with Crippen molar-refractivity contribution < 1.29 is 9.90 Å². The first-order chi connectivity index (χ1) is 8.58. The number of carbonyl (C=O) groups is 1. The number of likely N-dealkylation sites (N-methyl/N-ethyl adjacent to an activating group) is 1. The third-order valence-electron chi connectivity index (χ3n) is 3.72. The molecule has 1 fully saturated rings. The average Bonchev–Trinajstić information content (AvgIpc) is 2.35. The van der Waals surface area contributed by atoms with Gasteiger partial charge in [0.05, 0.1) is 6.42 Å². The SMILES string of the molecule is C[C@@H]1CN(c2ccccc2)C[C@@H](CC(=O)O)N1C. The normalized spacial score (nSPS) is 25.1. The molecular formula is C14H20N2O2. The third kappa shape index (κ3) is 2.82. The Morgan fingerprint density at radius 2 is 2.00 bits per heavy atom. The molecule has 1 saturated heterocycles. The summed E-state index contributed by atoms with van der Waals surface area (Å²) in [5, 5.41) is 8.98. The molecule has 1 aromatic rings. The van der Waals surface area contributed by atoms with Crippen molar-refractivity contribution in [2.24, 2.45) is 0 Å². The van der Waals surface area contributed by atoms with Gasteiger partial charge in [0.1, 0.15) is 0 Å². The van der Waals surface area contributed by atoms with Gasteiger partial charge in [-0.1, -0.05) is 18.2 Å². The van der Waals surface area contributed by atoms with Crippen molar-refractivity contribution in [1.82, 2.24) is 4.90 Å². The molecule has 4 heteroatoms. The average molecular weight is 248 g/mol. The summed E-state index contributed by atoms with van der Waals surface area (Å²) in [4.78, 5) is 15.4. The standard InChI is InChI=1S/C14H20N2O2/c1-11-9-16(12-6-4-3-5-7-12)10-13(15(11)2)8-14(17)18/h3-7,11,13H,8-10H2,1-2H3,(H,17,18)/t11-,13-/m1/s1. The molecule has 0 aromatic heterocycles. The maximum absolute atomic E-state index is 10.9. The second kappa shape index (κ2) is 5.40. The number of aliphatic carboxylic acids is 1. The minimum absolute atomic E-state index is 0.0754. The summed E-state index contributed by atoms with van der Waals surface area (Å²) in [6.07, 6.45) is 0.199. The van der Waals surface area contributed by atoms with Crippen LogP contribution in [-0.2, 0) is 4.79 Å². The summed E-state index contributed by atoms with van der Waals surface area (Å²) in [5.41, 5.74) is 1.17. The van der Waals surface area contributed by atoms with Crippen molar-refractivity contribution in [2.75, 3.05) is 25.0 Å². The van der Waals surface area contributed by atoms with Gasteiger partial charge in [-0.05, 0) is 26.1 Å². The monoisotopic (exact) mass is 248 g/mol. The van der Waals surface area contributed by atoms with Gasteiger partial charge in [0.2, 0.25) is 0 Å². The molecule has 1 N–H and O–H groups in total. The molecule has 2 atom stereocenters. The van der Waals surface area contributed by atoms with Gasteiger partial charge >= 0.3 is 5.97 Å². The largest absolute Gasteiger partial charge is 0.481 e. The number of carboxylic acids is 1. The van der Waals surface area contributed by atoms with E-state index >= 15 is 0 Å². The summed E-state index contributed by atoms with van der Waals surface area (Å²) in [6, 6.07) is 10.6. The van der Waals surface area contributed by atoms with E-state index in [-0.39, 0.29) is 12.5 Å². The summed E-state index contributed by atoms with van der Waals surface area (Å²) < 4.78 is 0. The van der Waals surface area contributed by atoms with E-state index in [9.17, 15) is 4.79 Å². The molecule has 0 radical (unpaired) electrons. The Bertz CT molecular complexity index is 408. The van der Waals surface area contributed by atoms with E-state index in [2.05, 4.69) is 28.9 Å². The van der Waals surface area contributed by atoms with Crippen LogP contribution >= 0.6 is 0 Å². The molecule has 0 amide bonds. The zero-order valence-electron chi connectivity index (χ0n) is 10.9.